The first-order valence-corrected chi connectivity index (χ1v) is 7.37. The zero-order valence-electron chi connectivity index (χ0n) is 10.3. The summed E-state index contributed by atoms with van der Waals surface area (Å²) in [5, 5.41) is 6.61. The highest BCUT2D eigenvalue weighted by Crippen LogP contribution is 2.17. The van der Waals surface area contributed by atoms with Crippen molar-refractivity contribution in [3.05, 3.63) is 38.5 Å². The lowest BCUT2D eigenvalue weighted by atomic mass is 10.3. The molecule has 1 amide bonds. The summed E-state index contributed by atoms with van der Waals surface area (Å²) in [4.78, 5) is 18.1. The normalized spacial score (nSPS) is 12.4. The van der Waals surface area contributed by atoms with Gasteiger partial charge in [0.1, 0.15) is 10.7 Å². The number of rotatable bonds is 4. The summed E-state index contributed by atoms with van der Waals surface area (Å²) in [6.45, 7) is 2.47. The largest absolute Gasteiger partial charge is 0.336 e. The molecule has 2 N–H and O–H groups in total. The highest BCUT2D eigenvalue weighted by Gasteiger charge is 2.16. The molecule has 1 unspecified atom stereocenters. The molecule has 18 heavy (non-hydrogen) atoms. The van der Waals surface area contributed by atoms with Crippen LogP contribution in [-0.2, 0) is 6.54 Å². The molecule has 0 saturated carbocycles. The molecule has 4 nitrogen and oxygen atoms in total. The second-order valence-electron chi connectivity index (χ2n) is 4.15. The fraction of sp³-hybridized carbons (Fsp3) is 0.333. The Morgan fingerprint density at radius 3 is 2.89 bits per heavy atom. The van der Waals surface area contributed by atoms with Crippen LogP contribution >= 0.6 is 22.7 Å². The molecular weight excluding hydrogens is 266 g/mol. The molecule has 2 aromatic heterocycles. The van der Waals surface area contributed by atoms with Crippen molar-refractivity contribution in [1.29, 1.82) is 0 Å². The van der Waals surface area contributed by atoms with Gasteiger partial charge in [-0.2, -0.15) is 11.3 Å². The summed E-state index contributed by atoms with van der Waals surface area (Å²) in [5.74, 6) is -0.0654. The number of nitrogens with two attached hydrogens (primary N) is 1. The van der Waals surface area contributed by atoms with Crippen LogP contribution in [0.2, 0.25) is 0 Å². The number of amides is 1. The monoisotopic (exact) mass is 281 g/mol. The summed E-state index contributed by atoms with van der Waals surface area (Å²) >= 11 is 3.06. The minimum absolute atomic E-state index is 0.0654. The molecule has 2 rings (SSSR count). The number of aromatic nitrogens is 1. The summed E-state index contributed by atoms with van der Waals surface area (Å²) in [6.07, 6.45) is 0. The first-order chi connectivity index (χ1) is 8.58. The van der Waals surface area contributed by atoms with Gasteiger partial charge in [-0.25, -0.2) is 4.98 Å². The lowest BCUT2D eigenvalue weighted by Crippen LogP contribution is -2.26. The number of hydrogen-bond acceptors (Lipinski definition) is 5. The number of thiazole rings is 1. The third kappa shape index (κ3) is 2.95. The van der Waals surface area contributed by atoms with Crippen LogP contribution in [0.3, 0.4) is 0 Å². The Labute approximate surface area is 114 Å². The Morgan fingerprint density at radius 2 is 2.33 bits per heavy atom. The molecular formula is C12H15N3OS2. The van der Waals surface area contributed by atoms with E-state index in [0.717, 1.165) is 10.6 Å². The van der Waals surface area contributed by atoms with Gasteiger partial charge in [0.15, 0.2) is 0 Å². The minimum Gasteiger partial charge on any atom is -0.336 e. The molecule has 0 spiro atoms. The van der Waals surface area contributed by atoms with Crippen LogP contribution in [0.15, 0.2) is 22.2 Å². The van der Waals surface area contributed by atoms with Crippen molar-refractivity contribution in [2.24, 2.45) is 5.73 Å². The van der Waals surface area contributed by atoms with Gasteiger partial charge in [-0.1, -0.05) is 0 Å². The maximum absolute atomic E-state index is 12.1. The molecule has 0 aliphatic rings. The zero-order valence-corrected chi connectivity index (χ0v) is 11.9. The molecule has 0 fully saturated rings. The molecule has 0 aliphatic carbocycles. The van der Waals surface area contributed by atoms with Gasteiger partial charge in [0.25, 0.3) is 5.91 Å². The molecule has 0 aliphatic heterocycles. The first-order valence-electron chi connectivity index (χ1n) is 5.55. The van der Waals surface area contributed by atoms with Gasteiger partial charge in [0, 0.05) is 19.0 Å². The number of carbonyl (C=O) groups excluding carboxylic acids is 1. The van der Waals surface area contributed by atoms with E-state index >= 15 is 0 Å². The third-order valence-electron chi connectivity index (χ3n) is 2.48. The van der Waals surface area contributed by atoms with Gasteiger partial charge in [-0.05, 0) is 29.3 Å². The van der Waals surface area contributed by atoms with Crippen molar-refractivity contribution in [2.45, 2.75) is 19.5 Å². The van der Waals surface area contributed by atoms with E-state index in [1.54, 1.807) is 28.7 Å². The van der Waals surface area contributed by atoms with E-state index in [1.807, 2.05) is 23.8 Å². The van der Waals surface area contributed by atoms with Crippen LogP contribution < -0.4 is 5.73 Å². The molecule has 1 atom stereocenters. The Morgan fingerprint density at radius 1 is 1.56 bits per heavy atom. The Balaban J connectivity index is 2.05. The highest BCUT2D eigenvalue weighted by molar-refractivity contribution is 7.10. The van der Waals surface area contributed by atoms with Crippen molar-refractivity contribution in [2.75, 3.05) is 7.05 Å². The maximum Gasteiger partial charge on any atom is 0.273 e. The summed E-state index contributed by atoms with van der Waals surface area (Å²) in [5.41, 5.74) is 7.35. The number of hydrogen-bond donors (Lipinski definition) is 1. The van der Waals surface area contributed by atoms with Crippen molar-refractivity contribution in [3.63, 3.8) is 0 Å². The third-order valence-corrected chi connectivity index (χ3v) is 4.25. The molecule has 2 heterocycles. The van der Waals surface area contributed by atoms with Crippen molar-refractivity contribution < 1.29 is 4.79 Å². The van der Waals surface area contributed by atoms with Gasteiger partial charge < -0.3 is 10.6 Å². The quantitative estimate of drug-likeness (QED) is 0.936. The van der Waals surface area contributed by atoms with Crippen LogP contribution in [0, 0.1) is 0 Å². The zero-order chi connectivity index (χ0) is 13.1. The van der Waals surface area contributed by atoms with E-state index in [0.29, 0.717) is 12.2 Å². The highest BCUT2D eigenvalue weighted by atomic mass is 32.1. The van der Waals surface area contributed by atoms with Crippen LogP contribution in [0.1, 0.15) is 34.0 Å². The van der Waals surface area contributed by atoms with E-state index in [9.17, 15) is 4.79 Å². The van der Waals surface area contributed by atoms with Crippen LogP contribution in [0.25, 0.3) is 0 Å². The SMILES string of the molecule is CC(N)c1nc(C(=O)N(C)Cc2ccsc2)cs1. The van der Waals surface area contributed by atoms with E-state index in [2.05, 4.69) is 4.98 Å². The fourth-order valence-corrected chi connectivity index (χ4v) is 2.93. The van der Waals surface area contributed by atoms with Gasteiger partial charge in [-0.15, -0.1) is 11.3 Å². The van der Waals surface area contributed by atoms with E-state index in [-0.39, 0.29) is 11.9 Å². The van der Waals surface area contributed by atoms with Crippen molar-refractivity contribution in [3.8, 4) is 0 Å². The van der Waals surface area contributed by atoms with Crippen molar-refractivity contribution in [1.82, 2.24) is 9.88 Å². The van der Waals surface area contributed by atoms with Crippen LogP contribution in [0.4, 0.5) is 0 Å². The Kier molecular flexibility index (Phi) is 4.11. The molecule has 2 aromatic rings. The second-order valence-corrected chi connectivity index (χ2v) is 5.82. The summed E-state index contributed by atoms with van der Waals surface area (Å²) in [6, 6.07) is 1.89. The topological polar surface area (TPSA) is 59.2 Å². The molecule has 0 aromatic carbocycles. The standard InChI is InChI=1S/C12H15N3OS2/c1-8(13)11-14-10(7-18-11)12(16)15(2)5-9-3-4-17-6-9/h3-4,6-8H,5,13H2,1-2H3. The lowest BCUT2D eigenvalue weighted by Gasteiger charge is -2.14. The van der Waals surface area contributed by atoms with Crippen LogP contribution in [0.5, 0.6) is 0 Å². The number of nitrogens with zero attached hydrogens (tertiary/aromatic N) is 2. The summed E-state index contributed by atoms with van der Waals surface area (Å²) in [7, 11) is 1.78. The predicted octanol–water partition coefficient (Wildman–Crippen LogP) is 2.50. The van der Waals surface area contributed by atoms with Crippen LogP contribution in [-0.4, -0.2) is 22.8 Å². The Bertz CT molecular complexity index is 519. The lowest BCUT2D eigenvalue weighted by molar-refractivity contribution is 0.0780. The smallest absolute Gasteiger partial charge is 0.273 e. The van der Waals surface area contributed by atoms with E-state index in [4.69, 9.17) is 5.73 Å². The number of thiophene rings is 1. The average molecular weight is 281 g/mol. The van der Waals surface area contributed by atoms with Gasteiger partial charge in [0.05, 0.1) is 6.04 Å². The first kappa shape index (κ1) is 13.2. The molecule has 0 bridgehead atoms. The molecule has 0 saturated heterocycles. The average Bonchev–Trinajstić information content (AvgIpc) is 2.98. The molecule has 6 heteroatoms. The van der Waals surface area contributed by atoms with Gasteiger partial charge >= 0.3 is 0 Å². The summed E-state index contributed by atoms with van der Waals surface area (Å²) < 4.78 is 0. The maximum atomic E-state index is 12.1. The fourth-order valence-electron chi connectivity index (χ4n) is 1.52. The van der Waals surface area contributed by atoms with Gasteiger partial charge in [-0.3, -0.25) is 4.79 Å². The van der Waals surface area contributed by atoms with Gasteiger partial charge in [0.2, 0.25) is 0 Å². The minimum atomic E-state index is -0.126. The molecule has 0 radical (unpaired) electrons. The predicted molar refractivity (Wildman–Crippen MR) is 74.8 cm³/mol. The second kappa shape index (κ2) is 5.60. The molecule has 96 valence electrons. The van der Waals surface area contributed by atoms with Crippen molar-refractivity contribution >= 4 is 28.6 Å². The number of carbonyl (C=O) groups is 1. The Hall–Kier alpha value is -1.24. The van der Waals surface area contributed by atoms with E-state index in [1.165, 1.54) is 11.3 Å². The van der Waals surface area contributed by atoms with E-state index < -0.39 is 0 Å².